The second-order valence-electron chi connectivity index (χ2n) is 8.99. The molecule has 2 atom stereocenters. The molecule has 3 aromatic rings. The number of carbonyl (C=O) groups excluding carboxylic acids is 2. The summed E-state index contributed by atoms with van der Waals surface area (Å²) < 4.78 is 3.68. The van der Waals surface area contributed by atoms with Gasteiger partial charge < -0.3 is 10.6 Å². The summed E-state index contributed by atoms with van der Waals surface area (Å²) in [5, 5.41) is 9.02. The van der Waals surface area contributed by atoms with E-state index in [4.69, 9.17) is 5.73 Å². The van der Waals surface area contributed by atoms with Gasteiger partial charge in [0.05, 0.1) is 17.4 Å². The SMILES string of the molecule is CN1CC[C@@](C)(C#Cc2cccc(-n3nc(C(N)=O)c4c3CCC[C@@H]4n3cccn3)c2)C1=O. The molecule has 0 spiro atoms. The number of aromatic nitrogens is 4. The van der Waals surface area contributed by atoms with Gasteiger partial charge in [0.1, 0.15) is 5.41 Å². The molecule has 1 saturated heterocycles. The summed E-state index contributed by atoms with van der Waals surface area (Å²) in [5.41, 5.74) is 8.78. The number of amides is 2. The van der Waals surface area contributed by atoms with Crippen LogP contribution < -0.4 is 5.73 Å². The van der Waals surface area contributed by atoms with Gasteiger partial charge in [0.25, 0.3) is 5.91 Å². The van der Waals surface area contributed by atoms with Gasteiger partial charge in [-0.1, -0.05) is 17.9 Å². The Bertz CT molecular complexity index is 1300. The molecule has 1 aliphatic carbocycles. The summed E-state index contributed by atoms with van der Waals surface area (Å²) in [6.45, 7) is 2.62. The molecular formula is C25H26N6O2. The Morgan fingerprint density at radius 2 is 2.15 bits per heavy atom. The normalized spacial score (nSPS) is 22.1. The van der Waals surface area contributed by atoms with Gasteiger partial charge in [-0.3, -0.25) is 14.3 Å². The Labute approximate surface area is 192 Å². The lowest BCUT2D eigenvalue weighted by Gasteiger charge is -2.24. The molecule has 1 aromatic carbocycles. The molecule has 2 N–H and O–H groups in total. The van der Waals surface area contributed by atoms with Crippen LogP contribution >= 0.6 is 0 Å². The number of primary amides is 1. The Morgan fingerprint density at radius 1 is 1.30 bits per heavy atom. The van der Waals surface area contributed by atoms with Gasteiger partial charge in [-0.2, -0.15) is 10.2 Å². The van der Waals surface area contributed by atoms with E-state index in [-0.39, 0.29) is 17.6 Å². The van der Waals surface area contributed by atoms with Crippen LogP contribution in [-0.2, 0) is 11.2 Å². The van der Waals surface area contributed by atoms with Crippen LogP contribution in [0.3, 0.4) is 0 Å². The first-order chi connectivity index (χ1) is 15.9. The molecule has 0 bridgehead atoms. The van der Waals surface area contributed by atoms with Gasteiger partial charge in [0, 0.05) is 37.1 Å². The van der Waals surface area contributed by atoms with Crippen molar-refractivity contribution < 1.29 is 9.59 Å². The van der Waals surface area contributed by atoms with E-state index >= 15 is 0 Å². The molecule has 1 aliphatic heterocycles. The second kappa shape index (κ2) is 7.93. The summed E-state index contributed by atoms with van der Waals surface area (Å²) in [6, 6.07) is 9.51. The van der Waals surface area contributed by atoms with E-state index in [0.717, 1.165) is 54.7 Å². The van der Waals surface area contributed by atoms with Gasteiger partial charge in [-0.15, -0.1) is 0 Å². The van der Waals surface area contributed by atoms with Crippen molar-refractivity contribution in [1.82, 2.24) is 24.5 Å². The highest BCUT2D eigenvalue weighted by atomic mass is 16.2. The van der Waals surface area contributed by atoms with Crippen molar-refractivity contribution in [2.75, 3.05) is 13.6 Å². The van der Waals surface area contributed by atoms with E-state index in [9.17, 15) is 9.59 Å². The van der Waals surface area contributed by atoms with Crippen LogP contribution in [0.4, 0.5) is 0 Å². The first-order valence-corrected chi connectivity index (χ1v) is 11.2. The summed E-state index contributed by atoms with van der Waals surface area (Å²) in [6.07, 6.45) is 6.97. The van der Waals surface area contributed by atoms with Crippen LogP contribution in [0.5, 0.6) is 0 Å². The lowest BCUT2D eigenvalue weighted by atomic mass is 9.89. The first kappa shape index (κ1) is 21.0. The van der Waals surface area contributed by atoms with Crippen LogP contribution in [0.25, 0.3) is 5.69 Å². The van der Waals surface area contributed by atoms with Gasteiger partial charge in [-0.25, -0.2) is 4.68 Å². The lowest BCUT2D eigenvalue weighted by Crippen LogP contribution is -2.28. The zero-order valence-electron chi connectivity index (χ0n) is 18.8. The van der Waals surface area contributed by atoms with Gasteiger partial charge in [0.2, 0.25) is 5.91 Å². The average Bonchev–Trinajstić information content (AvgIpc) is 3.54. The minimum absolute atomic E-state index is 0.0584. The van der Waals surface area contributed by atoms with Crippen molar-refractivity contribution in [2.24, 2.45) is 11.1 Å². The van der Waals surface area contributed by atoms with Crippen LogP contribution in [0.2, 0.25) is 0 Å². The van der Waals surface area contributed by atoms with Crippen molar-refractivity contribution in [1.29, 1.82) is 0 Å². The average molecular weight is 443 g/mol. The minimum Gasteiger partial charge on any atom is -0.364 e. The number of fused-ring (bicyclic) bond motifs is 1. The van der Waals surface area contributed by atoms with Crippen molar-refractivity contribution in [3.05, 3.63) is 65.2 Å². The highest BCUT2D eigenvalue weighted by molar-refractivity contribution is 5.93. The van der Waals surface area contributed by atoms with E-state index in [0.29, 0.717) is 0 Å². The molecule has 8 nitrogen and oxygen atoms in total. The maximum absolute atomic E-state index is 12.5. The molecule has 0 radical (unpaired) electrons. The number of nitrogens with two attached hydrogens (primary N) is 1. The molecule has 168 valence electrons. The third kappa shape index (κ3) is 3.59. The zero-order chi connectivity index (χ0) is 23.2. The summed E-state index contributed by atoms with van der Waals surface area (Å²) in [7, 11) is 1.81. The molecule has 3 heterocycles. The minimum atomic E-state index is -0.661. The van der Waals surface area contributed by atoms with Crippen molar-refractivity contribution >= 4 is 11.8 Å². The number of likely N-dealkylation sites (tertiary alicyclic amines) is 1. The Morgan fingerprint density at radius 3 is 2.85 bits per heavy atom. The highest BCUT2D eigenvalue weighted by Gasteiger charge is 2.39. The van der Waals surface area contributed by atoms with Crippen molar-refractivity contribution in [3.63, 3.8) is 0 Å². The Balaban J connectivity index is 1.55. The smallest absolute Gasteiger partial charge is 0.269 e. The number of nitrogens with zero attached hydrogens (tertiary/aromatic N) is 5. The largest absolute Gasteiger partial charge is 0.364 e. The predicted octanol–water partition coefficient (Wildman–Crippen LogP) is 2.31. The summed E-state index contributed by atoms with van der Waals surface area (Å²) in [4.78, 5) is 26.5. The molecule has 2 aromatic heterocycles. The number of hydrogen-bond donors (Lipinski definition) is 1. The number of rotatable bonds is 3. The molecule has 2 aliphatic rings. The van der Waals surface area contributed by atoms with Gasteiger partial charge in [-0.05, 0) is 56.9 Å². The zero-order valence-corrected chi connectivity index (χ0v) is 18.8. The second-order valence-corrected chi connectivity index (χ2v) is 8.99. The van der Waals surface area contributed by atoms with Crippen LogP contribution in [0.1, 0.15) is 59.5 Å². The first-order valence-electron chi connectivity index (χ1n) is 11.2. The third-order valence-electron chi connectivity index (χ3n) is 6.66. The topological polar surface area (TPSA) is 99.0 Å². The molecule has 2 amide bonds. The molecule has 8 heteroatoms. The fourth-order valence-electron chi connectivity index (χ4n) is 4.85. The van der Waals surface area contributed by atoms with E-state index in [1.54, 1.807) is 11.1 Å². The standard InChI is InChI=1S/C25H26N6O2/c1-25(12-15-29(2)24(25)33)11-10-17-6-3-7-18(16-17)31-20-9-4-8-19(30-14-5-13-27-30)21(20)22(28-31)23(26)32/h3,5-7,13-14,16,19H,4,8-9,12,15H2,1-2H3,(H2,26,32)/t19-,25+/m0/s1. The van der Waals surface area contributed by atoms with E-state index < -0.39 is 11.3 Å². The fourth-order valence-corrected chi connectivity index (χ4v) is 4.85. The quantitative estimate of drug-likeness (QED) is 0.629. The van der Waals surface area contributed by atoms with Crippen LogP contribution in [0, 0.1) is 17.3 Å². The predicted molar refractivity (Wildman–Crippen MR) is 123 cm³/mol. The Kier molecular flexibility index (Phi) is 5.05. The molecule has 5 rings (SSSR count). The fraction of sp³-hybridized carbons (Fsp3) is 0.360. The number of hydrogen-bond acceptors (Lipinski definition) is 4. The number of benzene rings is 1. The van der Waals surface area contributed by atoms with Crippen molar-refractivity contribution in [2.45, 2.75) is 38.6 Å². The maximum atomic E-state index is 12.5. The molecular weight excluding hydrogens is 416 g/mol. The monoisotopic (exact) mass is 442 g/mol. The summed E-state index contributed by atoms with van der Waals surface area (Å²) in [5.74, 6) is 5.89. The van der Waals surface area contributed by atoms with Crippen LogP contribution in [0.15, 0.2) is 42.7 Å². The van der Waals surface area contributed by atoms with Crippen molar-refractivity contribution in [3.8, 4) is 17.5 Å². The molecule has 1 fully saturated rings. The Hall–Kier alpha value is -3.86. The van der Waals surface area contributed by atoms with E-state index in [1.807, 2.05) is 59.9 Å². The highest BCUT2D eigenvalue weighted by Crippen LogP contribution is 2.36. The molecule has 0 saturated carbocycles. The van der Waals surface area contributed by atoms with Crippen LogP contribution in [-0.4, -0.2) is 49.9 Å². The lowest BCUT2D eigenvalue weighted by molar-refractivity contribution is -0.131. The van der Waals surface area contributed by atoms with E-state index in [1.165, 1.54) is 0 Å². The molecule has 33 heavy (non-hydrogen) atoms. The van der Waals surface area contributed by atoms with Gasteiger partial charge in [0.15, 0.2) is 5.69 Å². The van der Waals surface area contributed by atoms with E-state index in [2.05, 4.69) is 22.0 Å². The van der Waals surface area contributed by atoms with Gasteiger partial charge >= 0.3 is 0 Å². The maximum Gasteiger partial charge on any atom is 0.269 e. The summed E-state index contributed by atoms with van der Waals surface area (Å²) >= 11 is 0. The molecule has 0 unspecified atom stereocenters. The third-order valence-corrected chi connectivity index (χ3v) is 6.66. The number of carbonyl (C=O) groups is 2.